The van der Waals surface area contributed by atoms with Gasteiger partial charge in [0.25, 0.3) is 0 Å². The summed E-state index contributed by atoms with van der Waals surface area (Å²) in [4.78, 5) is 0. The lowest BCUT2D eigenvalue weighted by Gasteiger charge is -2.47. The lowest BCUT2D eigenvalue weighted by Crippen LogP contribution is -2.39. The van der Waals surface area contributed by atoms with Crippen molar-refractivity contribution in [2.45, 2.75) is 44.9 Å². The maximum absolute atomic E-state index is 4.10. The van der Waals surface area contributed by atoms with Gasteiger partial charge < -0.3 is 0 Å². The topological polar surface area (TPSA) is 0 Å². The van der Waals surface area contributed by atoms with Crippen LogP contribution in [0.15, 0.2) is 30.4 Å². The van der Waals surface area contributed by atoms with Crippen LogP contribution in [0, 0.1) is 12.8 Å². The third-order valence-electron chi connectivity index (χ3n) is 4.68. The predicted molar refractivity (Wildman–Crippen MR) is 68.7 cm³/mol. The van der Waals surface area contributed by atoms with Crippen LogP contribution in [-0.4, -0.2) is 0 Å². The monoisotopic (exact) mass is 212 g/mol. The van der Waals surface area contributed by atoms with Crippen LogP contribution in [0.2, 0.25) is 0 Å². The smallest absolute Gasteiger partial charge is 0.00297 e. The number of aryl methyl sites for hydroxylation is 2. The number of fused-ring (bicyclic) bond motifs is 2. The molecule has 0 heteroatoms. The molecular weight excluding hydrogens is 192 g/mol. The minimum Gasteiger partial charge on any atom is -0.0999 e. The molecule has 1 aromatic rings. The molecule has 16 heavy (non-hydrogen) atoms. The molecule has 1 saturated carbocycles. The molecule has 1 spiro atoms. The molecule has 84 valence electrons. The Bertz CT molecular complexity index is 447. The van der Waals surface area contributed by atoms with Crippen molar-refractivity contribution in [3.05, 3.63) is 47.0 Å². The van der Waals surface area contributed by atoms with E-state index in [0.717, 1.165) is 5.92 Å². The summed E-state index contributed by atoms with van der Waals surface area (Å²) in [6.07, 6.45) is 5.35. The molecule has 3 rings (SSSR count). The summed E-state index contributed by atoms with van der Waals surface area (Å²) < 4.78 is 0. The molecule has 0 unspecified atom stereocenters. The van der Waals surface area contributed by atoms with Crippen LogP contribution in [0.3, 0.4) is 0 Å². The normalized spacial score (nSPS) is 31.2. The van der Waals surface area contributed by atoms with E-state index in [1.54, 1.807) is 11.1 Å². The van der Waals surface area contributed by atoms with Crippen molar-refractivity contribution in [1.82, 2.24) is 0 Å². The van der Waals surface area contributed by atoms with E-state index in [1.165, 1.54) is 36.8 Å². The highest BCUT2D eigenvalue weighted by molar-refractivity contribution is 5.44. The van der Waals surface area contributed by atoms with Gasteiger partial charge >= 0.3 is 0 Å². The van der Waals surface area contributed by atoms with Gasteiger partial charge in [-0.2, -0.15) is 0 Å². The van der Waals surface area contributed by atoms with Crippen molar-refractivity contribution in [3.8, 4) is 0 Å². The van der Waals surface area contributed by atoms with Crippen LogP contribution in [0.1, 0.15) is 42.9 Å². The minimum atomic E-state index is 0.534. The van der Waals surface area contributed by atoms with E-state index in [2.05, 4.69) is 38.6 Å². The van der Waals surface area contributed by atoms with E-state index in [9.17, 15) is 0 Å². The van der Waals surface area contributed by atoms with Gasteiger partial charge in [-0.3, -0.25) is 0 Å². The second-order valence-electron chi connectivity index (χ2n) is 5.89. The molecule has 0 aromatic heterocycles. The first-order valence-electron chi connectivity index (χ1n) is 6.36. The Morgan fingerprint density at radius 1 is 1.38 bits per heavy atom. The van der Waals surface area contributed by atoms with E-state index in [4.69, 9.17) is 0 Å². The van der Waals surface area contributed by atoms with Crippen LogP contribution in [0.25, 0.3) is 0 Å². The molecule has 0 atom stereocenters. The van der Waals surface area contributed by atoms with E-state index in [-0.39, 0.29) is 0 Å². The Balaban J connectivity index is 1.91. The summed E-state index contributed by atoms with van der Waals surface area (Å²) in [5.41, 5.74) is 6.58. The Labute approximate surface area is 98.4 Å². The maximum Gasteiger partial charge on any atom is -0.00297 e. The second kappa shape index (κ2) is 3.23. The van der Waals surface area contributed by atoms with Gasteiger partial charge in [-0.15, -0.1) is 0 Å². The highest BCUT2D eigenvalue weighted by atomic mass is 14.5. The van der Waals surface area contributed by atoms with Crippen molar-refractivity contribution < 1.29 is 0 Å². The number of hydrogen-bond donors (Lipinski definition) is 0. The molecule has 0 bridgehead atoms. The average molecular weight is 212 g/mol. The molecule has 0 saturated heterocycles. The average Bonchev–Trinajstić information content (AvgIpc) is 2.53. The Morgan fingerprint density at radius 3 is 2.81 bits per heavy atom. The minimum absolute atomic E-state index is 0.534. The van der Waals surface area contributed by atoms with Gasteiger partial charge in [0.05, 0.1) is 0 Å². The van der Waals surface area contributed by atoms with Crippen molar-refractivity contribution in [1.29, 1.82) is 0 Å². The SMILES string of the molecule is C=C(C)C1CC2(CCc3cc(C)ccc32)C1. The van der Waals surface area contributed by atoms with E-state index < -0.39 is 0 Å². The Hall–Kier alpha value is -1.04. The van der Waals surface area contributed by atoms with Gasteiger partial charge in [0, 0.05) is 0 Å². The largest absolute Gasteiger partial charge is 0.0999 e. The fourth-order valence-corrected chi connectivity index (χ4v) is 3.61. The van der Waals surface area contributed by atoms with E-state index in [1.807, 2.05) is 0 Å². The zero-order valence-electron chi connectivity index (χ0n) is 10.3. The van der Waals surface area contributed by atoms with Gasteiger partial charge in [-0.1, -0.05) is 35.9 Å². The van der Waals surface area contributed by atoms with Gasteiger partial charge in [0.15, 0.2) is 0 Å². The van der Waals surface area contributed by atoms with Crippen LogP contribution in [0.5, 0.6) is 0 Å². The second-order valence-corrected chi connectivity index (χ2v) is 5.89. The summed E-state index contributed by atoms with van der Waals surface area (Å²) in [6.45, 7) is 8.48. The maximum atomic E-state index is 4.10. The number of hydrogen-bond acceptors (Lipinski definition) is 0. The quantitative estimate of drug-likeness (QED) is 0.613. The summed E-state index contributed by atoms with van der Waals surface area (Å²) >= 11 is 0. The molecule has 0 N–H and O–H groups in total. The molecule has 0 radical (unpaired) electrons. The number of benzene rings is 1. The lowest BCUT2D eigenvalue weighted by atomic mass is 9.57. The predicted octanol–water partition coefficient (Wildman–Crippen LogP) is 4.17. The van der Waals surface area contributed by atoms with Crippen molar-refractivity contribution >= 4 is 0 Å². The molecular formula is C16H20. The van der Waals surface area contributed by atoms with Crippen LogP contribution in [-0.2, 0) is 11.8 Å². The highest BCUT2D eigenvalue weighted by Gasteiger charge is 2.48. The van der Waals surface area contributed by atoms with Crippen LogP contribution < -0.4 is 0 Å². The zero-order valence-corrected chi connectivity index (χ0v) is 10.3. The Kier molecular flexibility index (Phi) is 2.04. The van der Waals surface area contributed by atoms with Gasteiger partial charge in [0.2, 0.25) is 0 Å². The highest BCUT2D eigenvalue weighted by Crippen LogP contribution is 2.56. The first-order chi connectivity index (χ1) is 7.61. The molecule has 0 amide bonds. The van der Waals surface area contributed by atoms with E-state index in [0.29, 0.717) is 5.41 Å². The molecule has 0 aliphatic heterocycles. The first-order valence-corrected chi connectivity index (χ1v) is 6.36. The lowest BCUT2D eigenvalue weighted by molar-refractivity contribution is 0.171. The zero-order chi connectivity index (χ0) is 11.3. The molecule has 0 heterocycles. The molecule has 0 nitrogen and oxygen atoms in total. The fourth-order valence-electron chi connectivity index (χ4n) is 3.61. The fraction of sp³-hybridized carbons (Fsp3) is 0.500. The summed E-state index contributed by atoms with van der Waals surface area (Å²) in [6, 6.07) is 7.05. The van der Waals surface area contributed by atoms with Crippen LogP contribution in [0.4, 0.5) is 0 Å². The first kappa shape index (κ1) is 10.1. The molecule has 2 aliphatic carbocycles. The van der Waals surface area contributed by atoms with Gasteiger partial charge in [-0.05, 0) is 62.0 Å². The molecule has 1 fully saturated rings. The molecule has 1 aromatic carbocycles. The van der Waals surface area contributed by atoms with Crippen molar-refractivity contribution in [2.75, 3.05) is 0 Å². The summed E-state index contributed by atoms with van der Waals surface area (Å²) in [5.74, 6) is 0.784. The summed E-state index contributed by atoms with van der Waals surface area (Å²) in [5, 5.41) is 0. The van der Waals surface area contributed by atoms with Crippen LogP contribution >= 0.6 is 0 Å². The third kappa shape index (κ3) is 1.29. The summed E-state index contributed by atoms with van der Waals surface area (Å²) in [7, 11) is 0. The van der Waals surface area contributed by atoms with Crippen molar-refractivity contribution in [2.24, 2.45) is 5.92 Å². The standard InChI is InChI=1S/C16H20/c1-11(2)14-9-16(10-14)7-6-13-8-12(3)4-5-15(13)16/h4-5,8,14H,1,6-7,9-10H2,2-3H3. The number of allylic oxidation sites excluding steroid dienone is 1. The number of rotatable bonds is 1. The Morgan fingerprint density at radius 2 is 2.12 bits per heavy atom. The molecule has 2 aliphatic rings. The van der Waals surface area contributed by atoms with E-state index >= 15 is 0 Å². The van der Waals surface area contributed by atoms with Gasteiger partial charge in [0.1, 0.15) is 0 Å². The third-order valence-corrected chi connectivity index (χ3v) is 4.68. The van der Waals surface area contributed by atoms with Gasteiger partial charge in [-0.25, -0.2) is 0 Å². The van der Waals surface area contributed by atoms with Crippen molar-refractivity contribution in [3.63, 3.8) is 0 Å².